The molecule has 1 heteroatoms. The van der Waals surface area contributed by atoms with Crippen LogP contribution in [0.15, 0.2) is 0 Å². The highest BCUT2D eigenvalue weighted by Gasteiger charge is 2.65. The van der Waals surface area contributed by atoms with Crippen LogP contribution in [0.3, 0.4) is 0 Å². The summed E-state index contributed by atoms with van der Waals surface area (Å²) in [4.78, 5) is 0. The third kappa shape index (κ3) is 0.493. The molecular formula is C9H15O+. The highest BCUT2D eigenvalue weighted by Crippen LogP contribution is 2.72. The van der Waals surface area contributed by atoms with Crippen LogP contribution in [0, 0.1) is 17.3 Å². The number of hydrogen-bond donors (Lipinski definition) is 0. The summed E-state index contributed by atoms with van der Waals surface area (Å²) < 4.78 is 4.44. The summed E-state index contributed by atoms with van der Waals surface area (Å²) in [5.74, 6) is 2.18. The van der Waals surface area contributed by atoms with E-state index in [4.69, 9.17) is 0 Å². The normalized spacial score (nSPS) is 57.6. The number of ether oxygens (including phenoxy) is 1. The molecule has 3 rings (SSSR count). The molecule has 1 nitrogen and oxygen atoms in total. The molecule has 2 aliphatic carbocycles. The number of fused-ring (bicyclic) bond motifs is 1. The van der Waals surface area contributed by atoms with Gasteiger partial charge < -0.3 is 4.74 Å². The molecule has 2 saturated carbocycles. The zero-order valence-electron chi connectivity index (χ0n) is 6.34. The van der Waals surface area contributed by atoms with Crippen molar-refractivity contribution in [3.63, 3.8) is 0 Å². The Labute approximate surface area is 61.8 Å². The van der Waals surface area contributed by atoms with Crippen molar-refractivity contribution in [3.05, 3.63) is 0 Å². The lowest BCUT2D eigenvalue weighted by molar-refractivity contribution is -0.00940. The summed E-state index contributed by atoms with van der Waals surface area (Å²) in [5.41, 5.74) is 0.875. The highest BCUT2D eigenvalue weighted by atomic mass is 16.5. The van der Waals surface area contributed by atoms with E-state index in [9.17, 15) is 0 Å². The van der Waals surface area contributed by atoms with Crippen molar-refractivity contribution < 1.29 is 4.74 Å². The van der Waals surface area contributed by atoms with Crippen molar-refractivity contribution in [3.8, 4) is 0 Å². The smallest absolute Gasteiger partial charge is 0.148 e. The van der Waals surface area contributed by atoms with Gasteiger partial charge in [0.05, 0.1) is 0 Å². The molecule has 1 N–H and O–H groups in total. The van der Waals surface area contributed by atoms with Gasteiger partial charge in [0, 0.05) is 12.3 Å². The van der Waals surface area contributed by atoms with Gasteiger partial charge in [-0.05, 0) is 30.6 Å². The molecule has 0 bridgehead atoms. The van der Waals surface area contributed by atoms with Crippen molar-refractivity contribution in [1.82, 2.24) is 0 Å². The van der Waals surface area contributed by atoms with Crippen LogP contribution in [0.1, 0.15) is 25.7 Å². The fraction of sp³-hybridized carbons (Fsp3) is 1.00. The summed E-state index contributed by atoms with van der Waals surface area (Å²) in [6.07, 6.45) is 6.05. The fourth-order valence-corrected chi connectivity index (χ4v) is 3.08. The Bertz CT molecular complexity index is 156. The van der Waals surface area contributed by atoms with Gasteiger partial charge in [0.25, 0.3) is 0 Å². The first-order valence-corrected chi connectivity index (χ1v) is 4.55. The lowest BCUT2D eigenvalue weighted by Crippen LogP contribution is -2.25. The average molecular weight is 139 g/mol. The summed E-state index contributed by atoms with van der Waals surface area (Å²) in [7, 11) is 0. The maximum atomic E-state index is 4.44. The van der Waals surface area contributed by atoms with Crippen LogP contribution >= 0.6 is 0 Å². The molecule has 0 aromatic rings. The van der Waals surface area contributed by atoms with Gasteiger partial charge >= 0.3 is 0 Å². The van der Waals surface area contributed by atoms with Crippen LogP contribution < -0.4 is 0 Å². The minimum atomic E-state index is 0.875. The van der Waals surface area contributed by atoms with Gasteiger partial charge in [-0.3, -0.25) is 0 Å². The number of aliphatic hydroxyl groups is 2. The van der Waals surface area contributed by atoms with Crippen LogP contribution in [0.2, 0.25) is 0 Å². The maximum absolute atomic E-state index is 4.44. The van der Waals surface area contributed by atoms with Gasteiger partial charge in [0.1, 0.15) is 13.2 Å². The van der Waals surface area contributed by atoms with Crippen molar-refractivity contribution in [2.45, 2.75) is 25.7 Å². The van der Waals surface area contributed by atoms with Crippen molar-refractivity contribution in [2.24, 2.45) is 17.3 Å². The molecular weight excluding hydrogens is 124 g/mol. The molecule has 3 atom stereocenters. The third-order valence-electron chi connectivity index (χ3n) is 4.04. The van der Waals surface area contributed by atoms with Crippen molar-refractivity contribution in [2.75, 3.05) is 13.2 Å². The Morgan fingerprint density at radius 1 is 1.20 bits per heavy atom. The molecule has 0 aromatic carbocycles. The minimum Gasteiger partial charge on any atom is -0.433 e. The van der Waals surface area contributed by atoms with Crippen LogP contribution in [-0.2, 0) is 0 Å². The number of hydrogen-bond acceptors (Lipinski definition) is 0. The van der Waals surface area contributed by atoms with Crippen LogP contribution in [0.5, 0.6) is 0 Å². The Hall–Kier alpha value is -0.0400. The van der Waals surface area contributed by atoms with Gasteiger partial charge in [0.15, 0.2) is 0 Å². The molecule has 1 heterocycles. The van der Waals surface area contributed by atoms with E-state index in [0.29, 0.717) is 0 Å². The molecule has 56 valence electrons. The van der Waals surface area contributed by atoms with E-state index < -0.39 is 0 Å². The number of rotatable bonds is 1. The van der Waals surface area contributed by atoms with E-state index in [1.54, 1.807) is 6.42 Å². The Morgan fingerprint density at radius 2 is 2.20 bits per heavy atom. The predicted molar refractivity (Wildman–Crippen MR) is 39.8 cm³/mol. The van der Waals surface area contributed by atoms with E-state index in [0.717, 1.165) is 17.3 Å². The molecule has 0 radical (unpaired) electrons. The van der Waals surface area contributed by atoms with E-state index in [1.165, 1.54) is 32.5 Å². The molecule has 0 aromatic heterocycles. The molecule has 0 spiro atoms. The van der Waals surface area contributed by atoms with Gasteiger partial charge in [-0.25, -0.2) is 0 Å². The first-order chi connectivity index (χ1) is 4.92. The highest BCUT2D eigenvalue weighted by molar-refractivity contribution is 5.13. The molecule has 3 fully saturated rings. The quantitative estimate of drug-likeness (QED) is 0.486. The van der Waals surface area contributed by atoms with Crippen LogP contribution in [0.25, 0.3) is 0 Å². The topological polar surface area (TPSA) is 12.8 Å². The molecule has 0 amide bonds. The second-order valence-corrected chi connectivity index (χ2v) is 4.29. The van der Waals surface area contributed by atoms with E-state index in [1.807, 2.05) is 0 Å². The zero-order valence-corrected chi connectivity index (χ0v) is 6.34. The Kier molecular flexibility index (Phi) is 0.883. The molecule has 10 heavy (non-hydrogen) atoms. The van der Waals surface area contributed by atoms with Gasteiger partial charge in [-0.2, -0.15) is 0 Å². The lowest BCUT2D eigenvalue weighted by Gasteiger charge is -2.28. The molecule has 1 saturated heterocycles. The van der Waals surface area contributed by atoms with E-state index >= 15 is 0 Å². The van der Waals surface area contributed by atoms with Gasteiger partial charge in [-0.15, -0.1) is 0 Å². The maximum Gasteiger partial charge on any atom is 0.148 e. The zero-order chi connectivity index (χ0) is 6.60. The molecule has 3 unspecified atom stereocenters. The molecule has 1 aliphatic heterocycles. The summed E-state index contributed by atoms with van der Waals surface area (Å²) >= 11 is 0. The third-order valence-corrected chi connectivity index (χ3v) is 4.04. The largest absolute Gasteiger partial charge is 0.433 e. The van der Waals surface area contributed by atoms with Gasteiger partial charge in [0.2, 0.25) is 0 Å². The summed E-state index contributed by atoms with van der Waals surface area (Å²) in [6, 6.07) is 0. The van der Waals surface area contributed by atoms with Crippen LogP contribution in [-0.4, -0.2) is 18.0 Å². The summed E-state index contributed by atoms with van der Waals surface area (Å²) in [5, 5.41) is 0. The SMILES string of the molecule is C1CC(C23CCC2C3)C[OH+]1. The monoisotopic (exact) mass is 139 g/mol. The Morgan fingerprint density at radius 3 is 2.60 bits per heavy atom. The summed E-state index contributed by atoms with van der Waals surface area (Å²) in [6.45, 7) is 2.37. The van der Waals surface area contributed by atoms with E-state index in [-0.39, 0.29) is 0 Å². The Balaban J connectivity index is 1.76. The predicted octanol–water partition coefficient (Wildman–Crippen LogP) is 1.33. The molecule has 3 aliphatic rings. The second-order valence-electron chi connectivity index (χ2n) is 4.29. The second kappa shape index (κ2) is 1.58. The van der Waals surface area contributed by atoms with Gasteiger partial charge in [-0.1, -0.05) is 0 Å². The standard InChI is InChI=1S/C9H14O/c1-3-9(5-7(1)9)8-2-4-10-6-8/h7-8H,1-6H2/p+1. The first kappa shape index (κ1) is 5.59. The van der Waals surface area contributed by atoms with Crippen molar-refractivity contribution in [1.29, 1.82) is 0 Å². The first-order valence-electron chi connectivity index (χ1n) is 4.55. The minimum absolute atomic E-state index is 0.875. The van der Waals surface area contributed by atoms with Crippen LogP contribution in [0.4, 0.5) is 0 Å². The average Bonchev–Trinajstić information content (AvgIpc) is 2.40. The van der Waals surface area contributed by atoms with E-state index in [2.05, 4.69) is 4.74 Å². The van der Waals surface area contributed by atoms with Crippen molar-refractivity contribution >= 4 is 0 Å². The fourth-order valence-electron chi connectivity index (χ4n) is 3.08. The lowest BCUT2D eigenvalue weighted by atomic mass is 9.74.